The number of hydrogen-bond acceptors (Lipinski definition) is 3. The number of aromatic nitrogens is 2. The second-order valence-corrected chi connectivity index (χ2v) is 8.18. The van der Waals surface area contributed by atoms with Crippen molar-refractivity contribution in [3.05, 3.63) is 102 Å². The van der Waals surface area contributed by atoms with Crippen LogP contribution in [0.3, 0.4) is 0 Å². The Morgan fingerprint density at radius 1 is 0.938 bits per heavy atom. The van der Waals surface area contributed by atoms with Gasteiger partial charge < -0.3 is 15.0 Å². The number of nitrogens with one attached hydrogen (secondary N) is 2. The topological polar surface area (TPSA) is 67.0 Å². The minimum atomic E-state index is -1.27. The summed E-state index contributed by atoms with van der Waals surface area (Å²) in [4.78, 5) is 22.2. The number of hydrogen-bond donors (Lipinski definition) is 2. The lowest BCUT2D eigenvalue weighted by atomic mass is 9.84. The first kappa shape index (κ1) is 21.8. The standard InChI is InChI=1S/C27H29N3O2/c1-4-32-27(20-13-7-5-8-14-20,21-15-9-6-10-16-21)26(31)30-24(19(2)3)25-28-22-17-11-12-18-23(22)29-25/h5-19,24H,4H2,1-3H3,(H,28,29)(H,30,31)/t24-/m0/s1. The third kappa shape index (κ3) is 4.04. The molecule has 0 aliphatic rings. The molecule has 4 aromatic rings. The number of fused-ring (bicyclic) bond motifs is 1. The Morgan fingerprint density at radius 2 is 1.50 bits per heavy atom. The zero-order valence-electron chi connectivity index (χ0n) is 18.7. The Bertz CT molecular complexity index is 1100. The van der Waals surface area contributed by atoms with Crippen LogP contribution in [0.2, 0.25) is 0 Å². The van der Waals surface area contributed by atoms with E-state index in [1.165, 1.54) is 0 Å². The van der Waals surface area contributed by atoms with E-state index in [0.717, 1.165) is 28.0 Å². The summed E-state index contributed by atoms with van der Waals surface area (Å²) in [5, 5.41) is 3.26. The van der Waals surface area contributed by atoms with Crippen molar-refractivity contribution in [2.24, 2.45) is 5.92 Å². The van der Waals surface area contributed by atoms with Gasteiger partial charge in [0.2, 0.25) is 0 Å². The van der Waals surface area contributed by atoms with Crippen LogP contribution in [0.5, 0.6) is 0 Å². The Labute approximate surface area is 188 Å². The fraction of sp³-hybridized carbons (Fsp3) is 0.259. The second-order valence-electron chi connectivity index (χ2n) is 8.18. The average molecular weight is 428 g/mol. The summed E-state index contributed by atoms with van der Waals surface area (Å²) >= 11 is 0. The normalized spacial score (nSPS) is 12.8. The molecule has 3 aromatic carbocycles. The van der Waals surface area contributed by atoms with E-state index in [2.05, 4.69) is 24.1 Å². The number of carbonyl (C=O) groups excluding carboxylic acids is 1. The third-order valence-electron chi connectivity index (χ3n) is 5.70. The zero-order valence-corrected chi connectivity index (χ0v) is 18.7. The molecule has 32 heavy (non-hydrogen) atoms. The molecule has 1 amide bonds. The number of benzene rings is 3. The van der Waals surface area contributed by atoms with E-state index < -0.39 is 5.60 Å². The van der Waals surface area contributed by atoms with Crippen LogP contribution in [0.25, 0.3) is 11.0 Å². The summed E-state index contributed by atoms with van der Waals surface area (Å²) in [5.41, 5.74) is 2.14. The highest BCUT2D eigenvalue weighted by Crippen LogP contribution is 2.35. The molecule has 0 spiro atoms. The van der Waals surface area contributed by atoms with Gasteiger partial charge >= 0.3 is 0 Å². The van der Waals surface area contributed by atoms with Crippen LogP contribution < -0.4 is 5.32 Å². The van der Waals surface area contributed by atoms with Crippen LogP contribution in [0.15, 0.2) is 84.9 Å². The summed E-state index contributed by atoms with van der Waals surface area (Å²) in [5.74, 6) is 0.641. The molecule has 0 saturated heterocycles. The lowest BCUT2D eigenvalue weighted by Gasteiger charge is -2.35. The van der Waals surface area contributed by atoms with Gasteiger partial charge in [0.15, 0.2) is 5.60 Å². The van der Waals surface area contributed by atoms with Crippen molar-refractivity contribution < 1.29 is 9.53 Å². The minimum absolute atomic E-state index is 0.116. The van der Waals surface area contributed by atoms with Crippen LogP contribution in [-0.2, 0) is 15.1 Å². The first-order valence-electron chi connectivity index (χ1n) is 11.1. The number of para-hydroxylation sites is 2. The monoisotopic (exact) mass is 427 g/mol. The van der Waals surface area contributed by atoms with Crippen molar-refractivity contribution in [1.82, 2.24) is 15.3 Å². The molecule has 1 atom stereocenters. The number of rotatable bonds is 8. The molecule has 0 radical (unpaired) electrons. The number of imidazole rings is 1. The number of carbonyl (C=O) groups is 1. The fourth-order valence-corrected chi connectivity index (χ4v) is 4.14. The zero-order chi connectivity index (χ0) is 22.6. The van der Waals surface area contributed by atoms with Gasteiger partial charge in [0, 0.05) is 6.61 Å². The Hall–Kier alpha value is -3.44. The molecule has 164 valence electrons. The van der Waals surface area contributed by atoms with Crippen LogP contribution in [0.4, 0.5) is 0 Å². The molecule has 0 aliphatic carbocycles. The Balaban J connectivity index is 1.79. The SMILES string of the molecule is CCOC(C(=O)N[C@H](c1nc2ccccc2[nH]1)C(C)C)(c1ccccc1)c1ccccc1. The van der Waals surface area contributed by atoms with Crippen molar-refractivity contribution in [3.63, 3.8) is 0 Å². The van der Waals surface area contributed by atoms with Crippen molar-refractivity contribution in [1.29, 1.82) is 0 Å². The maximum Gasteiger partial charge on any atom is 0.262 e. The predicted octanol–water partition coefficient (Wildman–Crippen LogP) is 5.36. The largest absolute Gasteiger partial charge is 0.356 e. The van der Waals surface area contributed by atoms with Crippen molar-refractivity contribution in [2.45, 2.75) is 32.4 Å². The molecule has 0 unspecified atom stereocenters. The van der Waals surface area contributed by atoms with E-state index in [0.29, 0.717) is 6.61 Å². The summed E-state index contributed by atoms with van der Waals surface area (Å²) in [6, 6.07) is 26.9. The lowest BCUT2D eigenvalue weighted by molar-refractivity contribution is -0.144. The van der Waals surface area contributed by atoms with Crippen LogP contribution in [0.1, 0.15) is 43.8 Å². The van der Waals surface area contributed by atoms with Gasteiger partial charge in [0.25, 0.3) is 5.91 Å². The number of ether oxygens (including phenoxy) is 1. The first-order valence-corrected chi connectivity index (χ1v) is 11.1. The predicted molar refractivity (Wildman–Crippen MR) is 127 cm³/mol. The quantitative estimate of drug-likeness (QED) is 0.398. The van der Waals surface area contributed by atoms with Gasteiger partial charge in [-0.15, -0.1) is 0 Å². The molecule has 0 saturated carbocycles. The van der Waals surface area contributed by atoms with E-state index in [9.17, 15) is 4.79 Å². The Morgan fingerprint density at radius 3 is 2.03 bits per heavy atom. The van der Waals surface area contributed by atoms with Crippen molar-refractivity contribution in [3.8, 4) is 0 Å². The molecule has 1 aromatic heterocycles. The number of H-pyrrole nitrogens is 1. The molecule has 0 aliphatic heterocycles. The molecular weight excluding hydrogens is 398 g/mol. The van der Waals surface area contributed by atoms with Crippen LogP contribution in [-0.4, -0.2) is 22.5 Å². The van der Waals surface area contributed by atoms with Gasteiger partial charge in [-0.1, -0.05) is 86.6 Å². The van der Waals surface area contributed by atoms with Gasteiger partial charge in [-0.05, 0) is 36.1 Å². The molecule has 2 N–H and O–H groups in total. The highest BCUT2D eigenvalue weighted by atomic mass is 16.5. The van der Waals surface area contributed by atoms with E-state index in [4.69, 9.17) is 9.72 Å². The summed E-state index contributed by atoms with van der Waals surface area (Å²) < 4.78 is 6.30. The molecule has 4 rings (SSSR count). The summed E-state index contributed by atoms with van der Waals surface area (Å²) in [6.45, 7) is 6.44. The summed E-state index contributed by atoms with van der Waals surface area (Å²) in [7, 11) is 0. The maximum absolute atomic E-state index is 14.1. The third-order valence-corrected chi connectivity index (χ3v) is 5.70. The molecule has 5 heteroatoms. The molecule has 5 nitrogen and oxygen atoms in total. The summed E-state index contributed by atoms with van der Waals surface area (Å²) in [6.07, 6.45) is 0. The Kier molecular flexibility index (Phi) is 6.37. The van der Waals surface area contributed by atoms with E-state index >= 15 is 0 Å². The first-order chi connectivity index (χ1) is 15.6. The van der Waals surface area contributed by atoms with E-state index in [1.807, 2.05) is 91.9 Å². The highest BCUT2D eigenvalue weighted by Gasteiger charge is 2.44. The van der Waals surface area contributed by atoms with Crippen molar-refractivity contribution in [2.75, 3.05) is 6.61 Å². The number of aromatic amines is 1. The van der Waals surface area contributed by atoms with Gasteiger partial charge in [-0.25, -0.2) is 4.98 Å². The average Bonchev–Trinajstić information content (AvgIpc) is 3.25. The van der Waals surface area contributed by atoms with Gasteiger partial charge in [-0.2, -0.15) is 0 Å². The van der Waals surface area contributed by atoms with E-state index in [1.54, 1.807) is 0 Å². The van der Waals surface area contributed by atoms with Crippen molar-refractivity contribution >= 4 is 16.9 Å². The highest BCUT2D eigenvalue weighted by molar-refractivity contribution is 5.91. The lowest BCUT2D eigenvalue weighted by Crippen LogP contribution is -2.49. The molecule has 0 fully saturated rings. The van der Waals surface area contributed by atoms with Gasteiger partial charge in [-0.3, -0.25) is 4.79 Å². The molecule has 0 bridgehead atoms. The number of nitrogens with zero attached hydrogens (tertiary/aromatic N) is 1. The number of amides is 1. The van der Waals surface area contributed by atoms with Crippen LogP contribution >= 0.6 is 0 Å². The molecular formula is C27H29N3O2. The molecule has 1 heterocycles. The van der Waals surface area contributed by atoms with E-state index in [-0.39, 0.29) is 17.9 Å². The maximum atomic E-state index is 14.1. The second kappa shape index (κ2) is 9.37. The van der Waals surface area contributed by atoms with Crippen LogP contribution in [0, 0.1) is 5.92 Å². The van der Waals surface area contributed by atoms with Gasteiger partial charge in [0.1, 0.15) is 5.82 Å². The fourth-order valence-electron chi connectivity index (χ4n) is 4.14. The smallest absolute Gasteiger partial charge is 0.262 e. The van der Waals surface area contributed by atoms with Gasteiger partial charge in [0.05, 0.1) is 17.1 Å². The minimum Gasteiger partial charge on any atom is -0.356 e.